The van der Waals surface area contributed by atoms with Crippen molar-refractivity contribution in [2.24, 2.45) is 0 Å². The van der Waals surface area contributed by atoms with Crippen molar-refractivity contribution in [1.82, 2.24) is 9.55 Å². The standard InChI is InChI=1S/C20H24N2O/c1-4-20-21-18-8-5-6-9-19(18)22(20)12-7-13-23-17-11-10-15(2)16(3)14-17/h5-6,8-11,14H,4,7,12-13H2,1-3H3. The molecule has 1 heterocycles. The summed E-state index contributed by atoms with van der Waals surface area (Å²) in [5, 5.41) is 0. The van der Waals surface area contributed by atoms with E-state index in [1.807, 2.05) is 12.1 Å². The molecule has 0 fully saturated rings. The maximum Gasteiger partial charge on any atom is 0.119 e. The first-order valence-electron chi connectivity index (χ1n) is 8.33. The van der Waals surface area contributed by atoms with Gasteiger partial charge in [-0.05, 0) is 55.7 Å². The molecule has 0 aliphatic heterocycles. The van der Waals surface area contributed by atoms with Crippen molar-refractivity contribution in [2.45, 2.75) is 40.2 Å². The minimum Gasteiger partial charge on any atom is -0.494 e. The highest BCUT2D eigenvalue weighted by atomic mass is 16.5. The van der Waals surface area contributed by atoms with Gasteiger partial charge in [0.2, 0.25) is 0 Å². The molecule has 1 aromatic heterocycles. The highest BCUT2D eigenvalue weighted by Gasteiger charge is 2.08. The van der Waals surface area contributed by atoms with E-state index in [0.29, 0.717) is 0 Å². The second-order valence-corrected chi connectivity index (χ2v) is 5.97. The topological polar surface area (TPSA) is 27.1 Å². The molecule has 0 saturated heterocycles. The van der Waals surface area contributed by atoms with Gasteiger partial charge < -0.3 is 9.30 Å². The minimum atomic E-state index is 0.720. The number of nitrogens with zero attached hydrogens (tertiary/aromatic N) is 2. The second-order valence-electron chi connectivity index (χ2n) is 5.97. The summed E-state index contributed by atoms with van der Waals surface area (Å²) in [4.78, 5) is 4.71. The fraction of sp³-hybridized carbons (Fsp3) is 0.350. The molecule has 0 saturated carbocycles. The SMILES string of the molecule is CCc1nc2ccccc2n1CCCOc1ccc(C)c(C)c1. The third-order valence-corrected chi connectivity index (χ3v) is 4.32. The average molecular weight is 308 g/mol. The quantitative estimate of drug-likeness (QED) is 0.618. The number of hydrogen-bond donors (Lipinski definition) is 0. The normalized spacial score (nSPS) is 11.1. The van der Waals surface area contributed by atoms with E-state index in [4.69, 9.17) is 9.72 Å². The highest BCUT2D eigenvalue weighted by Crippen LogP contribution is 2.18. The van der Waals surface area contributed by atoms with E-state index in [1.54, 1.807) is 0 Å². The van der Waals surface area contributed by atoms with E-state index in [-0.39, 0.29) is 0 Å². The number of ether oxygens (including phenoxy) is 1. The minimum absolute atomic E-state index is 0.720. The van der Waals surface area contributed by atoms with Gasteiger partial charge in [0.05, 0.1) is 17.6 Å². The lowest BCUT2D eigenvalue weighted by molar-refractivity contribution is 0.301. The van der Waals surface area contributed by atoms with Crippen LogP contribution in [0.1, 0.15) is 30.3 Å². The third kappa shape index (κ3) is 3.39. The van der Waals surface area contributed by atoms with Gasteiger partial charge in [0.15, 0.2) is 0 Å². The first-order chi connectivity index (χ1) is 11.2. The van der Waals surface area contributed by atoms with E-state index in [2.05, 4.69) is 55.7 Å². The molecule has 0 aliphatic rings. The number of aryl methyl sites for hydroxylation is 4. The molecule has 0 spiro atoms. The summed E-state index contributed by atoms with van der Waals surface area (Å²) in [6.07, 6.45) is 1.92. The molecule has 0 radical (unpaired) electrons. The molecule has 0 atom stereocenters. The molecule has 3 aromatic rings. The van der Waals surface area contributed by atoms with E-state index in [9.17, 15) is 0 Å². The molecule has 3 heteroatoms. The average Bonchev–Trinajstić information content (AvgIpc) is 2.92. The Balaban J connectivity index is 1.63. The fourth-order valence-electron chi connectivity index (χ4n) is 2.86. The maximum atomic E-state index is 5.89. The maximum absolute atomic E-state index is 5.89. The van der Waals surface area contributed by atoms with Crippen LogP contribution in [-0.4, -0.2) is 16.2 Å². The molecule has 2 aromatic carbocycles. The molecule has 23 heavy (non-hydrogen) atoms. The first-order valence-corrected chi connectivity index (χ1v) is 8.33. The largest absolute Gasteiger partial charge is 0.494 e. The summed E-state index contributed by atoms with van der Waals surface area (Å²) in [6, 6.07) is 14.6. The third-order valence-electron chi connectivity index (χ3n) is 4.32. The van der Waals surface area contributed by atoms with Gasteiger partial charge in [-0.15, -0.1) is 0 Å². The van der Waals surface area contributed by atoms with Crippen molar-refractivity contribution in [2.75, 3.05) is 6.61 Å². The molecule has 0 amide bonds. The molecule has 0 N–H and O–H groups in total. The van der Waals surface area contributed by atoms with Gasteiger partial charge in [0.1, 0.15) is 11.6 Å². The number of benzene rings is 2. The van der Waals surface area contributed by atoms with Crippen molar-refractivity contribution in [3.63, 3.8) is 0 Å². The lowest BCUT2D eigenvalue weighted by Crippen LogP contribution is -2.07. The molecular formula is C20H24N2O. The fourth-order valence-corrected chi connectivity index (χ4v) is 2.86. The van der Waals surface area contributed by atoms with Crippen LogP contribution in [0.25, 0.3) is 11.0 Å². The Morgan fingerprint density at radius 2 is 1.87 bits per heavy atom. The summed E-state index contributed by atoms with van der Waals surface area (Å²) in [5.74, 6) is 2.11. The zero-order valence-corrected chi connectivity index (χ0v) is 14.2. The van der Waals surface area contributed by atoms with Gasteiger partial charge in [0, 0.05) is 13.0 Å². The zero-order valence-electron chi connectivity index (χ0n) is 14.2. The van der Waals surface area contributed by atoms with Crippen molar-refractivity contribution in [3.05, 3.63) is 59.4 Å². The van der Waals surface area contributed by atoms with Crippen LogP contribution in [-0.2, 0) is 13.0 Å². The Labute approximate surface area is 137 Å². The van der Waals surface area contributed by atoms with Crippen LogP contribution in [0.4, 0.5) is 0 Å². The molecule has 0 unspecified atom stereocenters. The zero-order chi connectivity index (χ0) is 16.2. The monoisotopic (exact) mass is 308 g/mol. The Kier molecular flexibility index (Phi) is 4.65. The Bertz CT molecular complexity index is 805. The van der Waals surface area contributed by atoms with Crippen molar-refractivity contribution >= 4 is 11.0 Å². The van der Waals surface area contributed by atoms with Crippen molar-refractivity contribution in [1.29, 1.82) is 0 Å². The Hall–Kier alpha value is -2.29. The van der Waals surface area contributed by atoms with E-state index in [0.717, 1.165) is 43.1 Å². The highest BCUT2D eigenvalue weighted by molar-refractivity contribution is 5.75. The smallest absolute Gasteiger partial charge is 0.119 e. The molecule has 0 aliphatic carbocycles. The van der Waals surface area contributed by atoms with Crippen LogP contribution in [0, 0.1) is 13.8 Å². The lowest BCUT2D eigenvalue weighted by atomic mass is 10.1. The van der Waals surface area contributed by atoms with Gasteiger partial charge in [-0.2, -0.15) is 0 Å². The van der Waals surface area contributed by atoms with Crippen LogP contribution >= 0.6 is 0 Å². The van der Waals surface area contributed by atoms with Gasteiger partial charge in [-0.3, -0.25) is 0 Å². The van der Waals surface area contributed by atoms with Crippen molar-refractivity contribution < 1.29 is 4.74 Å². The van der Waals surface area contributed by atoms with Gasteiger partial charge in [-0.25, -0.2) is 4.98 Å². The molecule has 3 rings (SSSR count). The van der Waals surface area contributed by atoms with Gasteiger partial charge in [-0.1, -0.05) is 25.1 Å². The number of fused-ring (bicyclic) bond motifs is 1. The summed E-state index contributed by atoms with van der Waals surface area (Å²) in [5.41, 5.74) is 4.88. The summed E-state index contributed by atoms with van der Waals surface area (Å²) < 4.78 is 8.21. The Morgan fingerprint density at radius 3 is 2.65 bits per heavy atom. The van der Waals surface area contributed by atoms with Crippen LogP contribution in [0.15, 0.2) is 42.5 Å². The van der Waals surface area contributed by atoms with Crippen LogP contribution in [0.2, 0.25) is 0 Å². The van der Waals surface area contributed by atoms with Crippen LogP contribution in [0.5, 0.6) is 5.75 Å². The lowest BCUT2D eigenvalue weighted by Gasteiger charge is -2.10. The molecule has 0 bridgehead atoms. The van der Waals surface area contributed by atoms with Crippen LogP contribution in [0.3, 0.4) is 0 Å². The molecular weight excluding hydrogens is 284 g/mol. The first kappa shape index (κ1) is 15.6. The van der Waals surface area contributed by atoms with E-state index < -0.39 is 0 Å². The van der Waals surface area contributed by atoms with E-state index >= 15 is 0 Å². The van der Waals surface area contributed by atoms with Crippen LogP contribution < -0.4 is 4.74 Å². The number of para-hydroxylation sites is 2. The molecule has 3 nitrogen and oxygen atoms in total. The summed E-state index contributed by atoms with van der Waals surface area (Å²) in [6.45, 7) is 8.05. The van der Waals surface area contributed by atoms with E-state index in [1.165, 1.54) is 16.6 Å². The number of rotatable bonds is 6. The number of aromatic nitrogens is 2. The second kappa shape index (κ2) is 6.86. The summed E-state index contributed by atoms with van der Waals surface area (Å²) in [7, 11) is 0. The summed E-state index contributed by atoms with van der Waals surface area (Å²) >= 11 is 0. The van der Waals surface area contributed by atoms with Gasteiger partial charge >= 0.3 is 0 Å². The van der Waals surface area contributed by atoms with Gasteiger partial charge in [0.25, 0.3) is 0 Å². The number of hydrogen-bond acceptors (Lipinski definition) is 2. The predicted octanol–water partition coefficient (Wildman–Crippen LogP) is 4.68. The Morgan fingerprint density at radius 1 is 1.04 bits per heavy atom. The predicted molar refractivity (Wildman–Crippen MR) is 95.1 cm³/mol. The number of imidazole rings is 1. The molecule has 120 valence electrons. The van der Waals surface area contributed by atoms with Crippen molar-refractivity contribution in [3.8, 4) is 5.75 Å².